The summed E-state index contributed by atoms with van der Waals surface area (Å²) in [5.41, 5.74) is 3.09. The first-order chi connectivity index (χ1) is 8.28. The van der Waals surface area contributed by atoms with Crippen molar-refractivity contribution in [3.05, 3.63) is 22.9 Å². The quantitative estimate of drug-likeness (QED) is 0.672. The number of ether oxygens (including phenoxy) is 1. The van der Waals surface area contributed by atoms with Crippen LogP contribution in [0.2, 0.25) is 0 Å². The lowest BCUT2D eigenvalue weighted by atomic mass is 10.1. The van der Waals surface area contributed by atoms with E-state index in [1.54, 1.807) is 0 Å². The Balaban J connectivity index is 3.37. The zero-order valence-corrected chi connectivity index (χ0v) is 8.67. The lowest BCUT2D eigenvalue weighted by Gasteiger charge is -2.14. The molecule has 1 rings (SSSR count). The van der Waals surface area contributed by atoms with Crippen molar-refractivity contribution in [3.63, 3.8) is 0 Å². The number of aldehydes is 1. The normalized spacial score (nSPS) is 11.7. The molecule has 0 saturated heterocycles. The van der Waals surface area contributed by atoms with Crippen LogP contribution in [0, 0.1) is 0 Å². The van der Waals surface area contributed by atoms with Crippen molar-refractivity contribution in [1.29, 1.82) is 0 Å². The van der Waals surface area contributed by atoms with Gasteiger partial charge in [0, 0.05) is 17.7 Å². The van der Waals surface area contributed by atoms with Crippen LogP contribution in [0.4, 0.5) is 22.0 Å². The number of halogens is 5. The van der Waals surface area contributed by atoms with Crippen LogP contribution < -0.4 is 10.5 Å². The van der Waals surface area contributed by atoms with Crippen LogP contribution in [0.25, 0.3) is 0 Å². The van der Waals surface area contributed by atoms with E-state index in [4.69, 9.17) is 5.73 Å². The van der Waals surface area contributed by atoms with E-state index in [2.05, 4.69) is 9.72 Å². The largest absolute Gasteiger partial charge is 0.574 e. The summed E-state index contributed by atoms with van der Waals surface area (Å²) in [5, 5.41) is 0. The number of carbonyl (C=O) groups is 1. The van der Waals surface area contributed by atoms with Crippen LogP contribution in [0.1, 0.15) is 28.0 Å². The smallest absolute Gasteiger partial charge is 0.387 e. The van der Waals surface area contributed by atoms with Crippen molar-refractivity contribution < 1.29 is 31.5 Å². The molecule has 4 nitrogen and oxygen atoms in total. The molecule has 0 radical (unpaired) electrons. The van der Waals surface area contributed by atoms with Gasteiger partial charge in [-0.25, -0.2) is 13.8 Å². The summed E-state index contributed by atoms with van der Waals surface area (Å²) < 4.78 is 64.8. The second-order valence-corrected chi connectivity index (χ2v) is 3.09. The number of nitrogens with zero attached hydrogens (tertiary/aromatic N) is 1. The summed E-state index contributed by atoms with van der Waals surface area (Å²) in [6, 6.07) is 0.670. The van der Waals surface area contributed by atoms with Gasteiger partial charge >= 0.3 is 6.36 Å². The Morgan fingerprint density at radius 3 is 2.44 bits per heavy atom. The number of hydrogen-bond acceptors (Lipinski definition) is 4. The highest BCUT2D eigenvalue weighted by molar-refractivity contribution is 5.73. The van der Waals surface area contributed by atoms with Crippen LogP contribution in [0.5, 0.6) is 5.88 Å². The van der Waals surface area contributed by atoms with Gasteiger partial charge in [0.2, 0.25) is 5.88 Å². The Labute approximate surface area is 97.6 Å². The number of pyridine rings is 1. The molecular formula is C9H7F5N2O2. The molecule has 1 aromatic rings. The maximum absolute atomic E-state index is 12.6. The van der Waals surface area contributed by atoms with E-state index >= 15 is 0 Å². The van der Waals surface area contributed by atoms with Gasteiger partial charge in [-0.05, 0) is 6.07 Å². The van der Waals surface area contributed by atoms with Crippen LogP contribution in [0.3, 0.4) is 0 Å². The van der Waals surface area contributed by atoms with Crippen molar-refractivity contribution in [3.8, 4) is 5.88 Å². The van der Waals surface area contributed by atoms with E-state index < -0.39 is 42.0 Å². The Hall–Kier alpha value is -1.77. The topological polar surface area (TPSA) is 65.2 Å². The van der Waals surface area contributed by atoms with Gasteiger partial charge in [-0.1, -0.05) is 0 Å². The number of aromatic nitrogens is 1. The molecule has 0 spiro atoms. The van der Waals surface area contributed by atoms with Crippen LogP contribution in [-0.4, -0.2) is 17.6 Å². The lowest BCUT2D eigenvalue weighted by molar-refractivity contribution is -0.276. The monoisotopic (exact) mass is 270 g/mol. The van der Waals surface area contributed by atoms with Crippen molar-refractivity contribution in [1.82, 2.24) is 4.98 Å². The summed E-state index contributed by atoms with van der Waals surface area (Å²) in [6.45, 7) is -0.628. The molecular weight excluding hydrogens is 263 g/mol. The van der Waals surface area contributed by atoms with E-state index in [-0.39, 0.29) is 6.29 Å². The molecule has 0 bridgehead atoms. The molecule has 1 heterocycles. The zero-order valence-electron chi connectivity index (χ0n) is 8.67. The minimum absolute atomic E-state index is 0.0371. The number of carbonyl (C=O) groups excluding carboxylic acids is 1. The summed E-state index contributed by atoms with van der Waals surface area (Å²) in [7, 11) is 0. The highest BCUT2D eigenvalue weighted by Crippen LogP contribution is 2.31. The minimum atomic E-state index is -5.11. The Morgan fingerprint density at radius 1 is 1.44 bits per heavy atom. The second-order valence-electron chi connectivity index (χ2n) is 3.09. The molecule has 0 amide bonds. The number of nitrogens with two attached hydrogens (primary N) is 1. The van der Waals surface area contributed by atoms with Gasteiger partial charge < -0.3 is 10.5 Å². The molecule has 0 aliphatic carbocycles. The second kappa shape index (κ2) is 5.25. The first-order valence-corrected chi connectivity index (χ1v) is 4.51. The van der Waals surface area contributed by atoms with Gasteiger partial charge in [0.25, 0.3) is 6.43 Å². The maximum Gasteiger partial charge on any atom is 0.574 e. The Kier molecular flexibility index (Phi) is 4.17. The summed E-state index contributed by atoms with van der Waals surface area (Å²) >= 11 is 0. The highest BCUT2D eigenvalue weighted by Gasteiger charge is 2.34. The number of hydrogen-bond donors (Lipinski definition) is 1. The molecule has 1 aromatic heterocycles. The first-order valence-electron chi connectivity index (χ1n) is 4.51. The summed E-state index contributed by atoms with van der Waals surface area (Å²) in [4.78, 5) is 13.6. The standard InChI is InChI=1S/C9H7F5N2O2/c10-7(11)5-1-4(3-17)16-8(6(5)2-15)18-9(12,13)14/h1,3,7H,2,15H2. The third kappa shape index (κ3) is 3.36. The molecule has 18 heavy (non-hydrogen) atoms. The number of alkyl halides is 5. The molecule has 100 valence electrons. The van der Waals surface area contributed by atoms with E-state index in [1.807, 2.05) is 0 Å². The van der Waals surface area contributed by atoms with Gasteiger partial charge in [-0.15, -0.1) is 13.2 Å². The van der Waals surface area contributed by atoms with Crippen molar-refractivity contribution >= 4 is 6.29 Å². The summed E-state index contributed by atoms with van der Waals surface area (Å²) in [5.74, 6) is -1.13. The fourth-order valence-corrected chi connectivity index (χ4v) is 1.24. The summed E-state index contributed by atoms with van der Waals surface area (Å²) in [6.07, 6.45) is -8.17. The molecule has 9 heteroatoms. The molecule has 0 fully saturated rings. The predicted molar refractivity (Wildman–Crippen MR) is 49.2 cm³/mol. The fourth-order valence-electron chi connectivity index (χ4n) is 1.24. The average molecular weight is 270 g/mol. The minimum Gasteiger partial charge on any atom is -0.387 e. The third-order valence-electron chi connectivity index (χ3n) is 1.91. The van der Waals surface area contributed by atoms with E-state index in [1.165, 1.54) is 0 Å². The van der Waals surface area contributed by atoms with Gasteiger partial charge in [-0.3, -0.25) is 4.79 Å². The average Bonchev–Trinajstić information content (AvgIpc) is 2.25. The molecule has 0 aromatic carbocycles. The fraction of sp³-hybridized carbons (Fsp3) is 0.333. The molecule has 0 aliphatic rings. The maximum atomic E-state index is 12.6. The van der Waals surface area contributed by atoms with Crippen molar-refractivity contribution in [2.75, 3.05) is 0 Å². The van der Waals surface area contributed by atoms with Crippen molar-refractivity contribution in [2.45, 2.75) is 19.3 Å². The van der Waals surface area contributed by atoms with E-state index in [9.17, 15) is 26.7 Å². The van der Waals surface area contributed by atoms with E-state index in [0.29, 0.717) is 6.07 Å². The molecule has 2 N–H and O–H groups in total. The van der Waals surface area contributed by atoms with Gasteiger partial charge in [0.1, 0.15) is 5.69 Å². The number of rotatable bonds is 4. The molecule has 0 unspecified atom stereocenters. The van der Waals surface area contributed by atoms with Gasteiger partial charge in [0.15, 0.2) is 6.29 Å². The Bertz CT molecular complexity index is 447. The Morgan fingerprint density at radius 2 is 2.06 bits per heavy atom. The zero-order chi connectivity index (χ0) is 13.9. The molecule has 0 saturated carbocycles. The van der Waals surface area contributed by atoms with Gasteiger partial charge in [-0.2, -0.15) is 0 Å². The lowest BCUT2D eigenvalue weighted by Crippen LogP contribution is -2.21. The molecule has 0 aliphatic heterocycles. The van der Waals surface area contributed by atoms with Crippen LogP contribution in [-0.2, 0) is 6.54 Å². The first kappa shape index (κ1) is 14.3. The van der Waals surface area contributed by atoms with Gasteiger partial charge in [0.05, 0.1) is 0 Å². The third-order valence-corrected chi connectivity index (χ3v) is 1.91. The highest BCUT2D eigenvalue weighted by atomic mass is 19.4. The van der Waals surface area contributed by atoms with Crippen LogP contribution >= 0.6 is 0 Å². The van der Waals surface area contributed by atoms with Crippen LogP contribution in [0.15, 0.2) is 6.07 Å². The SMILES string of the molecule is NCc1c(C(F)F)cc(C=O)nc1OC(F)(F)F. The van der Waals surface area contributed by atoms with E-state index in [0.717, 1.165) is 0 Å². The van der Waals surface area contributed by atoms with Crippen molar-refractivity contribution in [2.24, 2.45) is 5.73 Å². The predicted octanol–water partition coefficient (Wildman–Crippen LogP) is 2.19. The molecule has 0 atom stereocenters.